The molecule has 0 saturated heterocycles. The molecule has 0 saturated carbocycles. The first-order chi connectivity index (χ1) is 7.33. The van der Waals surface area contributed by atoms with Gasteiger partial charge in [0.05, 0.1) is 11.6 Å². The maximum Gasteiger partial charge on any atom is 0.267 e. The molecule has 6 heteroatoms. The van der Waals surface area contributed by atoms with Crippen LogP contribution in [0.3, 0.4) is 0 Å². The van der Waals surface area contributed by atoms with Crippen LogP contribution in [0.1, 0.15) is 33.6 Å². The lowest BCUT2D eigenvalue weighted by Gasteiger charge is -2.29. The van der Waals surface area contributed by atoms with E-state index in [0.29, 0.717) is 6.42 Å². The van der Waals surface area contributed by atoms with Crippen LogP contribution in [0, 0.1) is 0 Å². The van der Waals surface area contributed by atoms with Gasteiger partial charge in [-0.05, 0) is 20.8 Å². The third kappa shape index (κ3) is 3.03. The quantitative estimate of drug-likeness (QED) is 0.608. The van der Waals surface area contributed by atoms with Crippen molar-refractivity contribution in [2.75, 3.05) is 0 Å². The van der Waals surface area contributed by atoms with Gasteiger partial charge in [-0.3, -0.25) is 9.59 Å². The summed E-state index contributed by atoms with van der Waals surface area (Å²) in [5.41, 5.74) is 1.82. The van der Waals surface area contributed by atoms with Crippen LogP contribution >= 0.6 is 0 Å². The van der Waals surface area contributed by atoms with Gasteiger partial charge < -0.3 is 10.4 Å². The number of aliphatic hydroxyl groups is 1. The SMILES string of the molecule is CC(O)C(C)(C)NC(=O)C1=NNC(=O)CC1. The van der Waals surface area contributed by atoms with Gasteiger partial charge in [-0.2, -0.15) is 5.10 Å². The van der Waals surface area contributed by atoms with Gasteiger partial charge in [0.25, 0.3) is 5.91 Å². The molecule has 1 aliphatic heterocycles. The Hall–Kier alpha value is -1.43. The molecule has 1 atom stereocenters. The number of carbonyl (C=O) groups excluding carboxylic acids is 2. The summed E-state index contributed by atoms with van der Waals surface area (Å²) >= 11 is 0. The fourth-order valence-corrected chi connectivity index (χ4v) is 1.11. The van der Waals surface area contributed by atoms with Gasteiger partial charge in [0, 0.05) is 12.8 Å². The van der Waals surface area contributed by atoms with Crippen molar-refractivity contribution in [1.82, 2.24) is 10.7 Å². The number of aliphatic hydroxyl groups excluding tert-OH is 1. The summed E-state index contributed by atoms with van der Waals surface area (Å²) in [7, 11) is 0. The molecule has 90 valence electrons. The monoisotopic (exact) mass is 227 g/mol. The van der Waals surface area contributed by atoms with Crippen molar-refractivity contribution in [3.63, 3.8) is 0 Å². The van der Waals surface area contributed by atoms with Crippen LogP contribution in [0.15, 0.2) is 5.10 Å². The predicted octanol–water partition coefficient (Wildman–Crippen LogP) is -0.472. The Labute approximate surface area is 94.1 Å². The van der Waals surface area contributed by atoms with Crippen molar-refractivity contribution in [2.24, 2.45) is 5.10 Å². The smallest absolute Gasteiger partial charge is 0.267 e. The number of amides is 2. The van der Waals surface area contributed by atoms with Crippen LogP contribution in [0.4, 0.5) is 0 Å². The minimum absolute atomic E-state index is 0.189. The molecule has 1 heterocycles. The van der Waals surface area contributed by atoms with Crippen molar-refractivity contribution in [3.8, 4) is 0 Å². The number of hydrogen-bond acceptors (Lipinski definition) is 4. The lowest BCUT2D eigenvalue weighted by atomic mass is 9.98. The van der Waals surface area contributed by atoms with Gasteiger partial charge >= 0.3 is 0 Å². The van der Waals surface area contributed by atoms with Crippen LogP contribution in [0.2, 0.25) is 0 Å². The summed E-state index contributed by atoms with van der Waals surface area (Å²) in [5, 5.41) is 15.8. The lowest BCUT2D eigenvalue weighted by molar-refractivity contribution is -0.121. The molecule has 0 aromatic carbocycles. The summed E-state index contributed by atoms with van der Waals surface area (Å²) in [6.45, 7) is 5.04. The Morgan fingerprint density at radius 2 is 2.19 bits per heavy atom. The zero-order valence-electron chi connectivity index (χ0n) is 9.70. The molecule has 2 amide bonds. The molecule has 16 heavy (non-hydrogen) atoms. The minimum Gasteiger partial charge on any atom is -0.391 e. The van der Waals surface area contributed by atoms with E-state index in [0.717, 1.165) is 0 Å². The molecule has 0 fully saturated rings. The van der Waals surface area contributed by atoms with Crippen molar-refractivity contribution < 1.29 is 14.7 Å². The molecule has 0 aromatic rings. The van der Waals surface area contributed by atoms with Gasteiger partial charge in [-0.25, -0.2) is 5.43 Å². The van der Waals surface area contributed by atoms with E-state index >= 15 is 0 Å². The number of rotatable bonds is 3. The fraction of sp³-hybridized carbons (Fsp3) is 0.700. The van der Waals surface area contributed by atoms with E-state index in [-0.39, 0.29) is 23.9 Å². The minimum atomic E-state index is -0.721. The zero-order valence-corrected chi connectivity index (χ0v) is 9.70. The number of nitrogens with zero attached hydrogens (tertiary/aromatic N) is 1. The molecular weight excluding hydrogens is 210 g/mol. The molecule has 3 N–H and O–H groups in total. The highest BCUT2D eigenvalue weighted by Crippen LogP contribution is 2.09. The van der Waals surface area contributed by atoms with E-state index < -0.39 is 11.6 Å². The van der Waals surface area contributed by atoms with E-state index in [1.165, 1.54) is 0 Å². The molecule has 6 nitrogen and oxygen atoms in total. The molecule has 0 bridgehead atoms. The van der Waals surface area contributed by atoms with Gasteiger partial charge in [0.1, 0.15) is 5.71 Å². The van der Waals surface area contributed by atoms with Gasteiger partial charge in [0.15, 0.2) is 0 Å². The Morgan fingerprint density at radius 3 is 2.62 bits per heavy atom. The first-order valence-electron chi connectivity index (χ1n) is 5.19. The Balaban J connectivity index is 2.63. The van der Waals surface area contributed by atoms with Gasteiger partial charge in [-0.15, -0.1) is 0 Å². The van der Waals surface area contributed by atoms with E-state index in [2.05, 4.69) is 15.8 Å². The lowest BCUT2D eigenvalue weighted by Crippen LogP contribution is -2.53. The van der Waals surface area contributed by atoms with Crippen molar-refractivity contribution in [1.29, 1.82) is 0 Å². The number of hydrazone groups is 1. The summed E-state index contributed by atoms with van der Waals surface area (Å²) in [6.07, 6.45) is -0.0789. The first-order valence-corrected chi connectivity index (χ1v) is 5.19. The Morgan fingerprint density at radius 1 is 1.56 bits per heavy atom. The number of hydrogen-bond donors (Lipinski definition) is 3. The summed E-state index contributed by atoms with van der Waals surface area (Å²) in [6, 6.07) is 0. The van der Waals surface area contributed by atoms with E-state index in [1.807, 2.05) is 0 Å². The van der Waals surface area contributed by atoms with Crippen LogP contribution < -0.4 is 10.7 Å². The van der Waals surface area contributed by atoms with Crippen molar-refractivity contribution >= 4 is 17.5 Å². The topological polar surface area (TPSA) is 90.8 Å². The molecule has 0 spiro atoms. The summed E-state index contributed by atoms with van der Waals surface area (Å²) in [5.74, 6) is -0.544. The molecule has 1 unspecified atom stereocenters. The number of nitrogens with one attached hydrogen (secondary N) is 2. The second-order valence-corrected chi connectivity index (χ2v) is 4.45. The van der Waals surface area contributed by atoms with Crippen LogP contribution in [-0.2, 0) is 9.59 Å². The maximum absolute atomic E-state index is 11.7. The van der Waals surface area contributed by atoms with E-state index in [4.69, 9.17) is 0 Å². The normalized spacial score (nSPS) is 18.5. The van der Waals surface area contributed by atoms with Gasteiger partial charge in [0.2, 0.25) is 5.91 Å². The van der Waals surface area contributed by atoms with Crippen LogP contribution in [0.25, 0.3) is 0 Å². The fourth-order valence-electron chi connectivity index (χ4n) is 1.11. The van der Waals surface area contributed by atoms with Crippen LogP contribution in [0.5, 0.6) is 0 Å². The average molecular weight is 227 g/mol. The molecular formula is C10H17N3O3. The van der Waals surface area contributed by atoms with Crippen molar-refractivity contribution in [2.45, 2.75) is 45.3 Å². The highest BCUT2D eigenvalue weighted by molar-refractivity contribution is 6.39. The zero-order chi connectivity index (χ0) is 12.3. The second-order valence-electron chi connectivity index (χ2n) is 4.45. The Bertz CT molecular complexity index is 334. The average Bonchev–Trinajstić information content (AvgIpc) is 2.17. The number of carbonyl (C=O) groups is 2. The van der Waals surface area contributed by atoms with Gasteiger partial charge in [-0.1, -0.05) is 0 Å². The largest absolute Gasteiger partial charge is 0.391 e. The maximum atomic E-state index is 11.7. The molecule has 0 radical (unpaired) electrons. The highest BCUT2D eigenvalue weighted by Gasteiger charge is 2.28. The van der Waals surface area contributed by atoms with E-state index in [9.17, 15) is 14.7 Å². The molecule has 0 aromatic heterocycles. The Kier molecular flexibility index (Phi) is 3.64. The second kappa shape index (κ2) is 4.61. The third-order valence-electron chi connectivity index (χ3n) is 2.65. The molecule has 1 rings (SSSR count). The molecule has 0 aliphatic carbocycles. The molecule has 1 aliphatic rings. The standard InChI is InChI=1S/C10H17N3O3/c1-6(14)10(2,3)11-9(16)7-4-5-8(15)13-12-7/h6,14H,4-5H2,1-3H3,(H,11,16)(H,13,15). The highest BCUT2D eigenvalue weighted by atomic mass is 16.3. The predicted molar refractivity (Wildman–Crippen MR) is 58.7 cm³/mol. The summed E-state index contributed by atoms with van der Waals surface area (Å²) in [4.78, 5) is 22.6. The first kappa shape index (κ1) is 12.6. The van der Waals surface area contributed by atoms with Crippen molar-refractivity contribution in [3.05, 3.63) is 0 Å². The van der Waals surface area contributed by atoms with E-state index in [1.54, 1.807) is 20.8 Å². The summed E-state index contributed by atoms with van der Waals surface area (Å²) < 4.78 is 0. The van der Waals surface area contributed by atoms with Crippen LogP contribution in [-0.4, -0.2) is 34.3 Å². The third-order valence-corrected chi connectivity index (χ3v) is 2.65.